The molecule has 1 aliphatic carbocycles. The van der Waals surface area contributed by atoms with Crippen LogP contribution in [-0.4, -0.2) is 16.3 Å². The number of ether oxygens (including phenoxy) is 1. The Kier molecular flexibility index (Phi) is 2.66. The first-order chi connectivity index (χ1) is 6.38. The van der Waals surface area contributed by atoms with Crippen molar-refractivity contribution in [2.45, 2.75) is 26.2 Å². The minimum Gasteiger partial charge on any atom is -0.392 e. The third-order valence-electron chi connectivity index (χ3n) is 2.29. The Hall–Kier alpha value is -0.800. The van der Waals surface area contributed by atoms with Gasteiger partial charge in [0.1, 0.15) is 6.73 Å². The van der Waals surface area contributed by atoms with E-state index in [9.17, 15) is 0 Å². The molecule has 2 rings (SSSR count). The van der Waals surface area contributed by atoms with Crippen molar-refractivity contribution >= 4 is 0 Å². The van der Waals surface area contributed by atoms with Crippen LogP contribution < -0.4 is 0 Å². The second-order valence-electron chi connectivity index (χ2n) is 3.64. The van der Waals surface area contributed by atoms with Crippen LogP contribution in [0.2, 0.25) is 0 Å². The highest BCUT2D eigenvalue weighted by molar-refractivity contribution is 5.08. The van der Waals surface area contributed by atoms with Crippen molar-refractivity contribution in [2.75, 3.05) is 6.61 Å². The molecule has 1 fully saturated rings. The average Bonchev–Trinajstić information content (AvgIpc) is 2.84. The lowest BCUT2D eigenvalue weighted by Crippen LogP contribution is -2.02. The summed E-state index contributed by atoms with van der Waals surface area (Å²) in [5, 5.41) is 8.82. The topological polar surface area (TPSA) is 34.4 Å². The maximum absolute atomic E-state index is 8.82. The maximum Gasteiger partial charge on any atom is 0.122 e. The fourth-order valence-corrected chi connectivity index (χ4v) is 1.27. The Labute approximate surface area is 77.9 Å². The Morgan fingerprint density at radius 1 is 1.54 bits per heavy atom. The normalized spacial score (nSPS) is 16.4. The molecular weight excluding hydrogens is 166 g/mol. The molecular formula is C10H15NO2. The van der Waals surface area contributed by atoms with Gasteiger partial charge < -0.3 is 14.4 Å². The third kappa shape index (κ3) is 2.57. The smallest absolute Gasteiger partial charge is 0.122 e. The lowest BCUT2D eigenvalue weighted by molar-refractivity contribution is 0.0691. The molecule has 1 aliphatic rings. The van der Waals surface area contributed by atoms with Crippen molar-refractivity contribution in [1.82, 2.24) is 4.57 Å². The molecule has 0 radical (unpaired) electrons. The molecule has 1 aromatic rings. The van der Waals surface area contributed by atoms with E-state index < -0.39 is 0 Å². The van der Waals surface area contributed by atoms with Gasteiger partial charge in [0.2, 0.25) is 0 Å². The number of rotatable bonds is 5. The number of aromatic nitrogens is 1. The summed E-state index contributed by atoms with van der Waals surface area (Å²) in [6.45, 7) is 1.60. The summed E-state index contributed by atoms with van der Waals surface area (Å²) in [6.07, 6.45) is 6.49. The first-order valence-electron chi connectivity index (χ1n) is 4.72. The van der Waals surface area contributed by atoms with Crippen molar-refractivity contribution in [3.05, 3.63) is 24.0 Å². The molecule has 0 aliphatic heterocycles. The molecule has 0 amide bonds. The van der Waals surface area contributed by atoms with Crippen LogP contribution >= 0.6 is 0 Å². The summed E-state index contributed by atoms with van der Waals surface area (Å²) < 4.78 is 7.44. The Morgan fingerprint density at radius 2 is 2.38 bits per heavy atom. The van der Waals surface area contributed by atoms with Crippen molar-refractivity contribution in [3.63, 3.8) is 0 Å². The predicted octanol–water partition coefficient (Wildman–Crippen LogP) is 1.36. The Bertz CT molecular complexity index is 266. The number of hydrogen-bond acceptors (Lipinski definition) is 2. The minimum atomic E-state index is 0.107. The van der Waals surface area contributed by atoms with Gasteiger partial charge in [-0.05, 0) is 30.4 Å². The molecule has 3 nitrogen and oxygen atoms in total. The molecule has 1 N–H and O–H groups in total. The van der Waals surface area contributed by atoms with Gasteiger partial charge >= 0.3 is 0 Å². The Balaban J connectivity index is 1.72. The van der Waals surface area contributed by atoms with E-state index >= 15 is 0 Å². The van der Waals surface area contributed by atoms with E-state index in [1.54, 1.807) is 0 Å². The first-order valence-corrected chi connectivity index (χ1v) is 4.72. The summed E-state index contributed by atoms with van der Waals surface area (Å²) in [5.74, 6) is 0.813. The zero-order chi connectivity index (χ0) is 9.10. The second kappa shape index (κ2) is 3.94. The zero-order valence-corrected chi connectivity index (χ0v) is 7.65. The quantitative estimate of drug-likeness (QED) is 0.744. The maximum atomic E-state index is 8.82. The highest BCUT2D eigenvalue weighted by Gasteiger charge is 2.20. The standard InChI is InChI=1S/C10H15NO2/c12-6-10-3-4-11(5-10)8-13-7-9-1-2-9/h3-5,9,12H,1-2,6-8H2. The van der Waals surface area contributed by atoms with Crippen LogP contribution in [0, 0.1) is 5.92 Å². The summed E-state index contributed by atoms with van der Waals surface area (Å²) in [5.41, 5.74) is 0.940. The summed E-state index contributed by atoms with van der Waals surface area (Å²) in [7, 11) is 0. The molecule has 13 heavy (non-hydrogen) atoms. The van der Waals surface area contributed by atoms with Gasteiger partial charge in [-0.1, -0.05) is 0 Å². The minimum absolute atomic E-state index is 0.107. The molecule has 0 unspecified atom stereocenters. The highest BCUT2D eigenvalue weighted by Crippen LogP contribution is 2.28. The monoisotopic (exact) mass is 181 g/mol. The number of nitrogens with zero attached hydrogens (tertiary/aromatic N) is 1. The van der Waals surface area contributed by atoms with E-state index in [1.807, 2.05) is 23.0 Å². The van der Waals surface area contributed by atoms with E-state index in [0.717, 1.165) is 18.1 Å². The lowest BCUT2D eigenvalue weighted by Gasteiger charge is -2.03. The van der Waals surface area contributed by atoms with E-state index in [-0.39, 0.29) is 6.61 Å². The van der Waals surface area contributed by atoms with Gasteiger partial charge in [0, 0.05) is 12.4 Å². The fraction of sp³-hybridized carbons (Fsp3) is 0.600. The largest absolute Gasteiger partial charge is 0.392 e. The van der Waals surface area contributed by atoms with Crippen LogP contribution in [0.15, 0.2) is 18.5 Å². The van der Waals surface area contributed by atoms with Crippen LogP contribution in [-0.2, 0) is 18.1 Å². The van der Waals surface area contributed by atoms with E-state index in [4.69, 9.17) is 9.84 Å². The van der Waals surface area contributed by atoms with Gasteiger partial charge in [-0.2, -0.15) is 0 Å². The molecule has 0 aromatic carbocycles. The molecule has 1 aromatic heterocycles. The van der Waals surface area contributed by atoms with E-state index in [2.05, 4.69) is 0 Å². The van der Waals surface area contributed by atoms with Gasteiger partial charge in [-0.3, -0.25) is 0 Å². The van der Waals surface area contributed by atoms with Gasteiger partial charge in [-0.15, -0.1) is 0 Å². The summed E-state index contributed by atoms with van der Waals surface area (Å²) in [6, 6.07) is 1.90. The summed E-state index contributed by atoms with van der Waals surface area (Å²) in [4.78, 5) is 0. The van der Waals surface area contributed by atoms with Crippen LogP contribution in [0.1, 0.15) is 18.4 Å². The van der Waals surface area contributed by atoms with Gasteiger partial charge in [0.05, 0.1) is 13.2 Å². The van der Waals surface area contributed by atoms with E-state index in [1.165, 1.54) is 12.8 Å². The third-order valence-corrected chi connectivity index (χ3v) is 2.29. The first kappa shape index (κ1) is 8.78. The fourth-order valence-electron chi connectivity index (χ4n) is 1.27. The van der Waals surface area contributed by atoms with Crippen molar-refractivity contribution < 1.29 is 9.84 Å². The van der Waals surface area contributed by atoms with Crippen LogP contribution in [0.25, 0.3) is 0 Å². The predicted molar refractivity (Wildman–Crippen MR) is 49.0 cm³/mol. The van der Waals surface area contributed by atoms with Crippen LogP contribution in [0.3, 0.4) is 0 Å². The Morgan fingerprint density at radius 3 is 3.00 bits per heavy atom. The molecule has 72 valence electrons. The van der Waals surface area contributed by atoms with Gasteiger partial charge in [0.25, 0.3) is 0 Å². The van der Waals surface area contributed by atoms with Crippen molar-refractivity contribution in [3.8, 4) is 0 Å². The molecule has 0 atom stereocenters. The number of hydrogen-bond donors (Lipinski definition) is 1. The molecule has 3 heteroatoms. The SMILES string of the molecule is OCc1ccn(COCC2CC2)c1. The summed E-state index contributed by atoms with van der Waals surface area (Å²) >= 11 is 0. The molecule has 1 saturated carbocycles. The molecule has 1 heterocycles. The zero-order valence-electron chi connectivity index (χ0n) is 7.65. The number of aliphatic hydroxyl groups excluding tert-OH is 1. The average molecular weight is 181 g/mol. The highest BCUT2D eigenvalue weighted by atomic mass is 16.5. The molecule has 0 saturated heterocycles. The lowest BCUT2D eigenvalue weighted by atomic mass is 10.4. The molecule has 0 bridgehead atoms. The van der Waals surface area contributed by atoms with E-state index in [0.29, 0.717) is 6.73 Å². The van der Waals surface area contributed by atoms with Gasteiger partial charge in [0.15, 0.2) is 0 Å². The van der Waals surface area contributed by atoms with Crippen LogP contribution in [0.4, 0.5) is 0 Å². The molecule has 0 spiro atoms. The van der Waals surface area contributed by atoms with Crippen LogP contribution in [0.5, 0.6) is 0 Å². The van der Waals surface area contributed by atoms with Crippen molar-refractivity contribution in [2.24, 2.45) is 5.92 Å². The second-order valence-corrected chi connectivity index (χ2v) is 3.64. The van der Waals surface area contributed by atoms with Gasteiger partial charge in [-0.25, -0.2) is 0 Å². The number of aliphatic hydroxyl groups is 1. The van der Waals surface area contributed by atoms with Crippen molar-refractivity contribution in [1.29, 1.82) is 0 Å².